The Bertz CT molecular complexity index is 2450. The van der Waals surface area contributed by atoms with Crippen molar-refractivity contribution in [3.05, 3.63) is 139 Å². The largest absolute Gasteiger partial charge is 0.456 e. The topological polar surface area (TPSA) is 16.4 Å². The van der Waals surface area contributed by atoms with Crippen molar-refractivity contribution in [2.24, 2.45) is 0 Å². The van der Waals surface area contributed by atoms with Crippen molar-refractivity contribution in [1.29, 1.82) is 0 Å². The van der Waals surface area contributed by atoms with Crippen LogP contribution in [0.15, 0.2) is 144 Å². The summed E-state index contributed by atoms with van der Waals surface area (Å²) in [6, 6.07) is 12.5. The zero-order valence-electron chi connectivity index (χ0n) is 30.7. The SMILES string of the molecule is [2H]c1c([2H])c([2H])c(N(c2ccc(-c3ccc4oc5ccccc5c4c3)cc2)c2c([2H])c([2H])c([2H])c3c([2H])c([2H])c([2H])c([2H])c23)c([2H])c1[2H]. The first-order valence-electron chi connectivity index (χ1n) is 17.2. The Balaban J connectivity index is 1.52. The molecule has 7 aromatic rings. The third kappa shape index (κ3) is 3.43. The smallest absolute Gasteiger partial charge is 0.135 e. The standard InChI is InChI=1S/C34H23NO/c1-2-11-27(12-3-1)35(32-15-8-10-25-9-4-5-13-29(25)32)28-20-17-24(18-21-28)26-19-22-34-31(23-26)30-14-6-7-16-33(30)36-34/h1-23H/i1D,2D,3D,4D,5D,8D,9D,10D,11D,12D,13D,15D. The summed E-state index contributed by atoms with van der Waals surface area (Å²) < 4.78 is 108. The number of anilines is 3. The van der Waals surface area contributed by atoms with Crippen molar-refractivity contribution >= 4 is 49.8 Å². The van der Waals surface area contributed by atoms with Crippen LogP contribution in [0.2, 0.25) is 0 Å². The first kappa shape index (κ1) is 11.7. The first-order chi connectivity index (χ1) is 22.8. The second kappa shape index (κ2) is 8.44. The number of furan rings is 1. The quantitative estimate of drug-likeness (QED) is 0.253. The summed E-state index contributed by atoms with van der Waals surface area (Å²) in [5.41, 5.74) is 2.53. The molecule has 0 bridgehead atoms. The summed E-state index contributed by atoms with van der Waals surface area (Å²) in [7, 11) is 0. The van der Waals surface area contributed by atoms with Crippen LogP contribution < -0.4 is 4.90 Å². The molecule has 36 heavy (non-hydrogen) atoms. The highest BCUT2D eigenvalue weighted by Crippen LogP contribution is 2.39. The van der Waals surface area contributed by atoms with Crippen molar-refractivity contribution in [1.82, 2.24) is 0 Å². The van der Waals surface area contributed by atoms with E-state index >= 15 is 0 Å². The van der Waals surface area contributed by atoms with Gasteiger partial charge in [-0.2, -0.15) is 0 Å². The van der Waals surface area contributed by atoms with Gasteiger partial charge in [-0.15, -0.1) is 0 Å². The number of rotatable bonds is 4. The van der Waals surface area contributed by atoms with Crippen LogP contribution in [0.3, 0.4) is 0 Å². The van der Waals surface area contributed by atoms with Crippen LogP contribution in [-0.4, -0.2) is 0 Å². The van der Waals surface area contributed by atoms with Crippen molar-refractivity contribution in [2.75, 3.05) is 4.90 Å². The van der Waals surface area contributed by atoms with Crippen LogP contribution in [0.4, 0.5) is 17.1 Å². The maximum Gasteiger partial charge on any atom is 0.135 e. The van der Waals surface area contributed by atoms with Gasteiger partial charge in [0.15, 0.2) is 0 Å². The maximum atomic E-state index is 8.97. The molecule has 2 nitrogen and oxygen atoms in total. The van der Waals surface area contributed by atoms with Gasteiger partial charge in [0.25, 0.3) is 0 Å². The Labute approximate surface area is 226 Å². The minimum absolute atomic E-state index is 0.187. The molecule has 0 N–H and O–H groups in total. The van der Waals surface area contributed by atoms with E-state index in [1.54, 1.807) is 24.3 Å². The van der Waals surface area contributed by atoms with Gasteiger partial charge in [0.05, 0.1) is 22.1 Å². The molecule has 0 radical (unpaired) electrons. The molecule has 0 amide bonds. The van der Waals surface area contributed by atoms with E-state index in [2.05, 4.69) is 0 Å². The summed E-state index contributed by atoms with van der Waals surface area (Å²) in [5.74, 6) is 0. The van der Waals surface area contributed by atoms with Gasteiger partial charge in [-0.05, 0) is 65.0 Å². The molecule has 1 heterocycles. The number of hydrogen-bond acceptors (Lipinski definition) is 2. The molecule has 0 spiro atoms. The second-order valence-corrected chi connectivity index (χ2v) is 8.14. The number of fused-ring (bicyclic) bond motifs is 4. The van der Waals surface area contributed by atoms with Gasteiger partial charge < -0.3 is 9.32 Å². The highest BCUT2D eigenvalue weighted by Gasteiger charge is 2.15. The van der Waals surface area contributed by atoms with E-state index in [1.165, 1.54) is 0 Å². The average Bonchev–Trinajstić information content (AvgIpc) is 3.47. The molecule has 2 heteroatoms. The minimum atomic E-state index is -0.658. The van der Waals surface area contributed by atoms with E-state index in [4.69, 9.17) is 20.9 Å². The van der Waals surface area contributed by atoms with E-state index < -0.39 is 72.5 Å². The normalized spacial score (nSPS) is 16.0. The Kier molecular flexibility index (Phi) is 2.75. The predicted molar refractivity (Wildman–Crippen MR) is 151 cm³/mol. The van der Waals surface area contributed by atoms with Gasteiger partial charge in [0.1, 0.15) is 11.2 Å². The lowest BCUT2D eigenvalue weighted by atomic mass is 10.0. The number of para-hydroxylation sites is 2. The summed E-state index contributed by atoms with van der Waals surface area (Å²) >= 11 is 0. The van der Waals surface area contributed by atoms with Crippen LogP contribution in [-0.2, 0) is 0 Å². The van der Waals surface area contributed by atoms with E-state index in [-0.39, 0.29) is 27.8 Å². The summed E-state index contributed by atoms with van der Waals surface area (Å²) in [4.78, 5) is 1.15. The van der Waals surface area contributed by atoms with Crippen molar-refractivity contribution < 1.29 is 20.9 Å². The summed E-state index contributed by atoms with van der Waals surface area (Å²) in [6.07, 6.45) is 0. The maximum absolute atomic E-state index is 8.97. The van der Waals surface area contributed by atoms with E-state index in [0.29, 0.717) is 5.58 Å². The monoisotopic (exact) mass is 473 g/mol. The molecule has 0 aliphatic rings. The number of benzene rings is 6. The van der Waals surface area contributed by atoms with Crippen LogP contribution in [0.25, 0.3) is 43.8 Å². The zero-order valence-corrected chi connectivity index (χ0v) is 18.7. The second-order valence-electron chi connectivity index (χ2n) is 8.14. The first-order valence-corrected chi connectivity index (χ1v) is 11.2. The van der Waals surface area contributed by atoms with E-state index in [9.17, 15) is 0 Å². The lowest BCUT2D eigenvalue weighted by Crippen LogP contribution is -2.10. The average molecular weight is 474 g/mol. The lowest BCUT2D eigenvalue weighted by molar-refractivity contribution is 0.669. The van der Waals surface area contributed by atoms with Crippen LogP contribution in [0, 0.1) is 0 Å². The molecule has 0 fully saturated rings. The highest BCUT2D eigenvalue weighted by molar-refractivity contribution is 6.06. The van der Waals surface area contributed by atoms with Crippen LogP contribution in [0.5, 0.6) is 0 Å². The van der Waals surface area contributed by atoms with Gasteiger partial charge in [0, 0.05) is 27.5 Å². The Morgan fingerprint density at radius 3 is 2.14 bits per heavy atom. The van der Waals surface area contributed by atoms with Gasteiger partial charge >= 0.3 is 0 Å². The fourth-order valence-electron chi connectivity index (χ4n) is 4.40. The molecule has 7 rings (SSSR count). The van der Waals surface area contributed by atoms with Gasteiger partial charge in [-0.3, -0.25) is 0 Å². The number of nitrogens with zero attached hydrogens (tertiary/aromatic N) is 1. The molecule has 0 unspecified atom stereocenters. The molecule has 0 aliphatic heterocycles. The third-order valence-corrected chi connectivity index (χ3v) is 6.06. The van der Waals surface area contributed by atoms with Crippen molar-refractivity contribution in [3.8, 4) is 11.1 Å². The van der Waals surface area contributed by atoms with Crippen LogP contribution in [0.1, 0.15) is 16.4 Å². The van der Waals surface area contributed by atoms with Crippen LogP contribution >= 0.6 is 0 Å². The van der Waals surface area contributed by atoms with Gasteiger partial charge in [-0.25, -0.2) is 0 Å². The highest BCUT2D eigenvalue weighted by atomic mass is 16.3. The fourth-order valence-corrected chi connectivity index (χ4v) is 4.40. The zero-order chi connectivity index (χ0) is 34.3. The molecule has 0 aliphatic carbocycles. The Morgan fingerprint density at radius 1 is 0.528 bits per heavy atom. The molecule has 1 aromatic heterocycles. The fraction of sp³-hybridized carbons (Fsp3) is 0. The molecule has 0 saturated carbocycles. The van der Waals surface area contributed by atoms with Crippen molar-refractivity contribution in [2.45, 2.75) is 0 Å². The van der Waals surface area contributed by atoms with E-state index in [0.717, 1.165) is 32.4 Å². The van der Waals surface area contributed by atoms with Crippen molar-refractivity contribution in [3.63, 3.8) is 0 Å². The summed E-state index contributed by atoms with van der Waals surface area (Å²) in [6.45, 7) is 0. The summed E-state index contributed by atoms with van der Waals surface area (Å²) in [5, 5.41) is 1.24. The number of hydrogen-bond donors (Lipinski definition) is 0. The molecule has 0 saturated heterocycles. The lowest BCUT2D eigenvalue weighted by Gasteiger charge is -2.27. The van der Waals surface area contributed by atoms with Gasteiger partial charge in [0.2, 0.25) is 0 Å². The molecule has 6 aromatic carbocycles. The Hall–Kier alpha value is -4.82. The molecule has 0 atom stereocenters. The van der Waals surface area contributed by atoms with E-state index in [1.807, 2.05) is 42.5 Å². The predicted octanol–water partition coefficient (Wildman–Crippen LogP) is 9.88. The molecular formula is C34H23NO. The molecular weight excluding hydrogens is 438 g/mol. The molecule has 170 valence electrons. The minimum Gasteiger partial charge on any atom is -0.456 e. The Morgan fingerprint density at radius 2 is 1.25 bits per heavy atom. The third-order valence-electron chi connectivity index (χ3n) is 6.06. The van der Waals surface area contributed by atoms with Gasteiger partial charge in [-0.1, -0.05) is 90.8 Å².